The van der Waals surface area contributed by atoms with Crippen molar-refractivity contribution in [1.29, 1.82) is 0 Å². The Morgan fingerprint density at radius 2 is 2.14 bits per heavy atom. The van der Waals surface area contributed by atoms with E-state index < -0.39 is 0 Å². The Bertz CT molecular complexity index is 760. The Kier molecular flexibility index (Phi) is 3.83. The van der Waals surface area contributed by atoms with Crippen molar-refractivity contribution in [2.45, 2.75) is 6.61 Å². The van der Waals surface area contributed by atoms with E-state index in [0.717, 1.165) is 10.0 Å². The third-order valence-electron chi connectivity index (χ3n) is 2.65. The van der Waals surface area contributed by atoms with Gasteiger partial charge in [0.2, 0.25) is 5.82 Å². The van der Waals surface area contributed by atoms with Gasteiger partial charge in [-0.05, 0) is 34.1 Å². The van der Waals surface area contributed by atoms with E-state index in [1.54, 1.807) is 24.5 Å². The minimum absolute atomic E-state index is 0.178. The molecular formula is C14H11BrN4O2. The fourth-order valence-electron chi connectivity index (χ4n) is 1.71. The summed E-state index contributed by atoms with van der Waals surface area (Å²) in [4.78, 5) is 8.32. The molecule has 0 bridgehead atoms. The highest BCUT2D eigenvalue weighted by atomic mass is 79.9. The zero-order chi connectivity index (χ0) is 14.7. The maximum Gasteiger partial charge on any atom is 0.264 e. The van der Waals surface area contributed by atoms with Crippen molar-refractivity contribution < 1.29 is 9.26 Å². The third-order valence-corrected chi connectivity index (χ3v) is 3.09. The van der Waals surface area contributed by atoms with Gasteiger partial charge in [0.25, 0.3) is 5.89 Å². The summed E-state index contributed by atoms with van der Waals surface area (Å²) in [5.41, 5.74) is 7.08. The molecule has 0 atom stereocenters. The highest BCUT2D eigenvalue weighted by molar-refractivity contribution is 9.10. The van der Waals surface area contributed by atoms with Crippen molar-refractivity contribution in [3.63, 3.8) is 0 Å². The van der Waals surface area contributed by atoms with Crippen LogP contribution in [0.1, 0.15) is 5.89 Å². The van der Waals surface area contributed by atoms with Gasteiger partial charge in [-0.2, -0.15) is 4.98 Å². The van der Waals surface area contributed by atoms with Crippen molar-refractivity contribution in [3.8, 4) is 17.1 Å². The van der Waals surface area contributed by atoms with Crippen LogP contribution < -0.4 is 10.5 Å². The van der Waals surface area contributed by atoms with Crippen LogP contribution in [-0.4, -0.2) is 15.1 Å². The molecule has 0 aliphatic rings. The summed E-state index contributed by atoms with van der Waals surface area (Å²) in [6.45, 7) is 0.178. The summed E-state index contributed by atoms with van der Waals surface area (Å²) >= 11 is 3.35. The number of rotatable bonds is 4. The standard InChI is InChI=1S/C14H11BrN4O2/c15-10-4-9(6-17-7-10)14-18-13(21-19-14)8-20-12-3-1-2-11(16)5-12/h1-7H,8,16H2. The van der Waals surface area contributed by atoms with E-state index in [9.17, 15) is 0 Å². The SMILES string of the molecule is Nc1cccc(OCc2nc(-c3cncc(Br)c3)no2)c1. The summed E-state index contributed by atoms with van der Waals surface area (Å²) < 4.78 is 11.5. The lowest BCUT2D eigenvalue weighted by Gasteiger charge is -2.03. The third kappa shape index (κ3) is 3.38. The van der Waals surface area contributed by atoms with Gasteiger partial charge in [0.15, 0.2) is 6.61 Å². The normalized spacial score (nSPS) is 10.5. The molecule has 0 radical (unpaired) electrons. The van der Waals surface area contributed by atoms with Crippen molar-refractivity contribution in [2.75, 3.05) is 5.73 Å². The van der Waals surface area contributed by atoms with Gasteiger partial charge >= 0.3 is 0 Å². The van der Waals surface area contributed by atoms with Gasteiger partial charge < -0.3 is 15.0 Å². The first kappa shape index (κ1) is 13.6. The number of ether oxygens (including phenoxy) is 1. The number of aromatic nitrogens is 3. The van der Waals surface area contributed by atoms with E-state index >= 15 is 0 Å². The topological polar surface area (TPSA) is 87.1 Å². The van der Waals surface area contributed by atoms with E-state index in [-0.39, 0.29) is 6.61 Å². The lowest BCUT2D eigenvalue weighted by molar-refractivity contribution is 0.243. The number of hydrogen-bond donors (Lipinski definition) is 1. The van der Waals surface area contributed by atoms with Crippen LogP contribution in [0.15, 0.2) is 51.7 Å². The van der Waals surface area contributed by atoms with Gasteiger partial charge in [0.1, 0.15) is 5.75 Å². The van der Waals surface area contributed by atoms with Crippen molar-refractivity contribution in [2.24, 2.45) is 0 Å². The Morgan fingerprint density at radius 1 is 1.24 bits per heavy atom. The number of nitrogens with two attached hydrogens (primary N) is 1. The molecule has 3 rings (SSSR count). The smallest absolute Gasteiger partial charge is 0.264 e. The molecule has 0 aliphatic heterocycles. The van der Waals surface area contributed by atoms with Crippen LogP contribution in [0.3, 0.4) is 0 Å². The molecule has 2 heterocycles. The zero-order valence-corrected chi connectivity index (χ0v) is 12.4. The van der Waals surface area contributed by atoms with Crippen LogP contribution in [0, 0.1) is 0 Å². The molecule has 0 fully saturated rings. The van der Waals surface area contributed by atoms with Crippen molar-refractivity contribution in [1.82, 2.24) is 15.1 Å². The van der Waals surface area contributed by atoms with Crippen LogP contribution in [-0.2, 0) is 6.61 Å². The summed E-state index contributed by atoms with van der Waals surface area (Å²) in [6.07, 6.45) is 3.35. The van der Waals surface area contributed by atoms with Crippen LogP contribution in [0.25, 0.3) is 11.4 Å². The summed E-state index contributed by atoms with van der Waals surface area (Å²) in [7, 11) is 0. The molecule has 0 saturated heterocycles. The van der Waals surface area contributed by atoms with Gasteiger partial charge in [-0.25, -0.2) is 0 Å². The first-order valence-electron chi connectivity index (χ1n) is 6.12. The maximum absolute atomic E-state index is 5.68. The van der Waals surface area contributed by atoms with Gasteiger partial charge in [-0.1, -0.05) is 11.2 Å². The predicted molar refractivity (Wildman–Crippen MR) is 80.4 cm³/mol. The Labute approximate surface area is 129 Å². The lowest BCUT2D eigenvalue weighted by Crippen LogP contribution is -1.96. The first-order chi connectivity index (χ1) is 10.2. The van der Waals surface area contributed by atoms with Crippen LogP contribution in [0.5, 0.6) is 5.75 Å². The van der Waals surface area contributed by atoms with E-state index in [4.69, 9.17) is 15.0 Å². The number of nitrogens with zero attached hydrogens (tertiary/aromatic N) is 3. The Morgan fingerprint density at radius 3 is 2.95 bits per heavy atom. The van der Waals surface area contributed by atoms with Gasteiger partial charge in [0.05, 0.1) is 0 Å². The molecule has 3 aromatic rings. The average molecular weight is 347 g/mol. The molecule has 0 amide bonds. The van der Waals surface area contributed by atoms with Gasteiger partial charge in [-0.3, -0.25) is 4.98 Å². The molecule has 0 unspecified atom stereocenters. The molecule has 0 spiro atoms. The predicted octanol–water partition coefficient (Wildman–Crippen LogP) is 3.06. The van der Waals surface area contributed by atoms with Gasteiger partial charge in [-0.15, -0.1) is 0 Å². The van der Waals surface area contributed by atoms with Crippen LogP contribution >= 0.6 is 15.9 Å². The minimum Gasteiger partial charge on any atom is -0.484 e. The van der Waals surface area contributed by atoms with E-state index in [0.29, 0.717) is 23.2 Å². The van der Waals surface area contributed by atoms with Crippen molar-refractivity contribution >= 4 is 21.6 Å². The van der Waals surface area contributed by atoms with E-state index in [1.807, 2.05) is 18.2 Å². The quantitative estimate of drug-likeness (QED) is 0.730. The molecule has 1 aromatic carbocycles. The number of halogens is 1. The number of hydrogen-bond acceptors (Lipinski definition) is 6. The molecule has 0 saturated carbocycles. The lowest BCUT2D eigenvalue weighted by atomic mass is 10.3. The minimum atomic E-state index is 0.178. The van der Waals surface area contributed by atoms with E-state index in [1.165, 1.54) is 0 Å². The fraction of sp³-hybridized carbons (Fsp3) is 0.0714. The average Bonchev–Trinajstić information content (AvgIpc) is 2.94. The van der Waals surface area contributed by atoms with Crippen LogP contribution in [0.4, 0.5) is 5.69 Å². The molecule has 21 heavy (non-hydrogen) atoms. The highest BCUT2D eigenvalue weighted by Gasteiger charge is 2.10. The molecular weight excluding hydrogens is 336 g/mol. The fourth-order valence-corrected chi connectivity index (χ4v) is 2.08. The second-order valence-electron chi connectivity index (χ2n) is 4.26. The molecule has 106 valence electrons. The molecule has 0 aliphatic carbocycles. The molecule has 2 aromatic heterocycles. The maximum atomic E-state index is 5.68. The Balaban J connectivity index is 1.71. The van der Waals surface area contributed by atoms with E-state index in [2.05, 4.69) is 31.1 Å². The summed E-state index contributed by atoms with van der Waals surface area (Å²) in [5, 5.41) is 3.91. The monoisotopic (exact) mass is 346 g/mol. The second kappa shape index (κ2) is 5.92. The van der Waals surface area contributed by atoms with Crippen molar-refractivity contribution in [3.05, 3.63) is 53.1 Å². The highest BCUT2D eigenvalue weighted by Crippen LogP contribution is 2.20. The number of anilines is 1. The molecule has 6 nitrogen and oxygen atoms in total. The molecule has 7 heteroatoms. The summed E-state index contributed by atoms with van der Waals surface area (Å²) in [6, 6.07) is 9.01. The summed E-state index contributed by atoms with van der Waals surface area (Å²) in [5.74, 6) is 1.50. The van der Waals surface area contributed by atoms with Gasteiger partial charge in [0, 0.05) is 34.2 Å². The number of nitrogen functional groups attached to an aromatic ring is 1. The molecule has 2 N–H and O–H groups in total. The Hall–Kier alpha value is -2.41. The second-order valence-corrected chi connectivity index (χ2v) is 5.18. The zero-order valence-electron chi connectivity index (χ0n) is 10.9. The number of benzene rings is 1. The number of pyridine rings is 1. The largest absolute Gasteiger partial charge is 0.484 e. The first-order valence-corrected chi connectivity index (χ1v) is 6.92. The van der Waals surface area contributed by atoms with Crippen LogP contribution in [0.2, 0.25) is 0 Å².